The second kappa shape index (κ2) is 4.12. The van der Waals surface area contributed by atoms with Gasteiger partial charge in [0.2, 0.25) is 0 Å². The fourth-order valence-corrected chi connectivity index (χ4v) is 2.16. The van der Waals surface area contributed by atoms with E-state index in [1.54, 1.807) is 0 Å². The van der Waals surface area contributed by atoms with E-state index in [-0.39, 0.29) is 11.5 Å². The Labute approximate surface area is 84.4 Å². The van der Waals surface area contributed by atoms with E-state index in [1.165, 1.54) is 0 Å². The first-order valence-electron chi connectivity index (χ1n) is 4.69. The third-order valence-corrected chi connectivity index (χ3v) is 2.83. The van der Waals surface area contributed by atoms with Crippen LogP contribution < -0.4 is 0 Å². The van der Waals surface area contributed by atoms with Crippen molar-refractivity contribution in [3.63, 3.8) is 0 Å². The Bertz CT molecular complexity index is 254. The lowest BCUT2D eigenvalue weighted by molar-refractivity contribution is -0.126. The standard InChI is InChI=1S/C10H15NOS/c1-10(2,11-7-13)8-5-3-4-6-9(8)12/h8H,3-6H2,1-2H3/t8-/m1/s1. The molecule has 0 spiro atoms. The van der Waals surface area contributed by atoms with Gasteiger partial charge in [0.15, 0.2) is 0 Å². The van der Waals surface area contributed by atoms with Gasteiger partial charge in [0.25, 0.3) is 0 Å². The van der Waals surface area contributed by atoms with Gasteiger partial charge in [-0.25, -0.2) is 4.99 Å². The van der Waals surface area contributed by atoms with Crippen LogP contribution in [0.3, 0.4) is 0 Å². The summed E-state index contributed by atoms with van der Waals surface area (Å²) in [6, 6.07) is 0. The predicted octanol–water partition coefficient (Wildman–Crippen LogP) is 2.63. The third-order valence-electron chi connectivity index (χ3n) is 2.74. The number of isothiocyanates is 1. The van der Waals surface area contributed by atoms with Gasteiger partial charge in [0.1, 0.15) is 5.78 Å². The van der Waals surface area contributed by atoms with Crippen LogP contribution in [-0.4, -0.2) is 16.5 Å². The number of rotatable bonds is 2. The van der Waals surface area contributed by atoms with Crippen molar-refractivity contribution < 1.29 is 4.79 Å². The second-order valence-electron chi connectivity index (χ2n) is 4.12. The lowest BCUT2D eigenvalue weighted by Gasteiger charge is -2.31. The smallest absolute Gasteiger partial charge is 0.138 e. The Hall–Kier alpha value is -0.530. The highest BCUT2D eigenvalue weighted by Gasteiger charge is 2.35. The Kier molecular flexibility index (Phi) is 3.34. The van der Waals surface area contributed by atoms with E-state index in [4.69, 9.17) is 0 Å². The zero-order valence-corrected chi connectivity index (χ0v) is 8.99. The Morgan fingerprint density at radius 2 is 2.23 bits per heavy atom. The SMILES string of the molecule is CC(C)(N=C=S)[C@@H]1CCCCC1=O. The summed E-state index contributed by atoms with van der Waals surface area (Å²) in [7, 11) is 0. The molecule has 0 saturated heterocycles. The molecule has 1 aliphatic carbocycles. The van der Waals surface area contributed by atoms with Gasteiger partial charge in [-0.2, -0.15) is 0 Å². The Morgan fingerprint density at radius 3 is 2.77 bits per heavy atom. The fourth-order valence-electron chi connectivity index (χ4n) is 1.93. The maximum absolute atomic E-state index is 11.6. The molecule has 0 aromatic heterocycles. The average Bonchev–Trinajstić information content (AvgIpc) is 2.04. The van der Waals surface area contributed by atoms with E-state index in [9.17, 15) is 4.79 Å². The topological polar surface area (TPSA) is 29.4 Å². The molecule has 1 saturated carbocycles. The van der Waals surface area contributed by atoms with Gasteiger partial charge in [0, 0.05) is 12.3 Å². The molecule has 0 unspecified atom stereocenters. The molecule has 0 aromatic rings. The summed E-state index contributed by atoms with van der Waals surface area (Å²) in [6.07, 6.45) is 3.83. The van der Waals surface area contributed by atoms with Crippen molar-refractivity contribution in [1.82, 2.24) is 0 Å². The lowest BCUT2D eigenvalue weighted by Crippen LogP contribution is -2.37. The Morgan fingerprint density at radius 1 is 1.54 bits per heavy atom. The second-order valence-corrected chi connectivity index (χ2v) is 4.30. The van der Waals surface area contributed by atoms with Crippen molar-refractivity contribution in [1.29, 1.82) is 0 Å². The van der Waals surface area contributed by atoms with Crippen molar-refractivity contribution in [2.75, 3.05) is 0 Å². The average molecular weight is 197 g/mol. The van der Waals surface area contributed by atoms with Crippen molar-refractivity contribution in [2.24, 2.45) is 10.9 Å². The van der Waals surface area contributed by atoms with Crippen LogP contribution in [0.1, 0.15) is 39.5 Å². The van der Waals surface area contributed by atoms with E-state index >= 15 is 0 Å². The molecule has 1 fully saturated rings. The van der Waals surface area contributed by atoms with Crippen molar-refractivity contribution >= 4 is 23.2 Å². The summed E-state index contributed by atoms with van der Waals surface area (Å²) < 4.78 is 0. The van der Waals surface area contributed by atoms with Gasteiger partial charge >= 0.3 is 0 Å². The van der Waals surface area contributed by atoms with Crippen molar-refractivity contribution in [3.05, 3.63) is 0 Å². The summed E-state index contributed by atoms with van der Waals surface area (Å²) in [5.74, 6) is 0.391. The van der Waals surface area contributed by atoms with Crippen LogP contribution in [0.15, 0.2) is 4.99 Å². The largest absolute Gasteiger partial charge is 0.299 e. The molecular weight excluding hydrogens is 182 g/mol. The summed E-state index contributed by atoms with van der Waals surface area (Å²) in [5, 5.41) is 2.38. The molecule has 0 bridgehead atoms. The molecule has 0 radical (unpaired) electrons. The molecule has 1 aliphatic rings. The fraction of sp³-hybridized carbons (Fsp3) is 0.800. The predicted molar refractivity (Wildman–Crippen MR) is 56.1 cm³/mol. The van der Waals surface area contributed by atoms with Gasteiger partial charge in [-0.05, 0) is 38.9 Å². The number of hydrogen-bond acceptors (Lipinski definition) is 3. The lowest BCUT2D eigenvalue weighted by atomic mass is 9.76. The highest BCUT2D eigenvalue weighted by atomic mass is 32.1. The third kappa shape index (κ3) is 2.45. The first kappa shape index (κ1) is 10.6. The van der Waals surface area contributed by atoms with Crippen LogP contribution in [0, 0.1) is 5.92 Å². The number of carbonyl (C=O) groups is 1. The monoisotopic (exact) mass is 197 g/mol. The van der Waals surface area contributed by atoms with Crippen LogP contribution in [-0.2, 0) is 4.79 Å². The number of nitrogens with zero attached hydrogens (tertiary/aromatic N) is 1. The number of ketones is 1. The maximum atomic E-state index is 11.6. The zero-order valence-electron chi connectivity index (χ0n) is 8.17. The normalized spacial score (nSPS) is 23.8. The number of aliphatic imine (C=N–C) groups is 1. The molecule has 0 heterocycles. The molecule has 0 aliphatic heterocycles. The first-order valence-corrected chi connectivity index (χ1v) is 5.10. The van der Waals surface area contributed by atoms with Crippen LogP contribution in [0.4, 0.5) is 0 Å². The maximum Gasteiger partial charge on any atom is 0.138 e. The number of carbonyl (C=O) groups excluding carboxylic acids is 1. The minimum atomic E-state index is -0.348. The molecular formula is C10H15NOS. The van der Waals surface area contributed by atoms with Gasteiger partial charge in [-0.15, -0.1) is 0 Å². The van der Waals surface area contributed by atoms with Crippen molar-refractivity contribution in [3.8, 4) is 0 Å². The minimum absolute atomic E-state index is 0.0525. The van der Waals surface area contributed by atoms with Crippen LogP contribution in [0.25, 0.3) is 0 Å². The highest BCUT2D eigenvalue weighted by molar-refractivity contribution is 7.78. The van der Waals surface area contributed by atoms with Gasteiger partial charge in [-0.1, -0.05) is 6.42 Å². The number of thiocarbonyl (C=S) groups is 1. The van der Waals surface area contributed by atoms with Crippen LogP contribution in [0.2, 0.25) is 0 Å². The van der Waals surface area contributed by atoms with Crippen LogP contribution in [0.5, 0.6) is 0 Å². The molecule has 13 heavy (non-hydrogen) atoms. The van der Waals surface area contributed by atoms with E-state index in [1.807, 2.05) is 13.8 Å². The van der Waals surface area contributed by atoms with Crippen molar-refractivity contribution in [2.45, 2.75) is 45.1 Å². The number of Topliss-reactive ketones (excluding diaryl/α,β-unsaturated/α-hetero) is 1. The summed E-state index contributed by atoms with van der Waals surface area (Å²) in [4.78, 5) is 15.7. The first-order chi connectivity index (χ1) is 6.08. The molecule has 1 rings (SSSR count). The van der Waals surface area contributed by atoms with E-state index in [2.05, 4.69) is 22.4 Å². The quantitative estimate of drug-likeness (QED) is 0.503. The van der Waals surface area contributed by atoms with E-state index in [0.29, 0.717) is 12.2 Å². The molecule has 0 amide bonds. The molecule has 0 aromatic carbocycles. The van der Waals surface area contributed by atoms with Crippen LogP contribution >= 0.6 is 12.2 Å². The number of hydrogen-bond donors (Lipinski definition) is 0. The highest BCUT2D eigenvalue weighted by Crippen LogP contribution is 2.32. The summed E-state index contributed by atoms with van der Waals surface area (Å²) in [6.45, 7) is 3.92. The molecule has 2 nitrogen and oxygen atoms in total. The van der Waals surface area contributed by atoms with Gasteiger partial charge in [-0.3, -0.25) is 4.79 Å². The van der Waals surface area contributed by atoms with E-state index < -0.39 is 0 Å². The van der Waals surface area contributed by atoms with Gasteiger partial charge in [0.05, 0.1) is 10.7 Å². The summed E-state index contributed by atoms with van der Waals surface area (Å²) in [5.41, 5.74) is -0.348. The summed E-state index contributed by atoms with van der Waals surface area (Å²) >= 11 is 4.58. The Balaban J connectivity index is 2.78. The zero-order chi connectivity index (χ0) is 9.90. The molecule has 1 atom stereocenters. The molecule has 0 N–H and O–H groups in total. The van der Waals surface area contributed by atoms with Gasteiger partial charge < -0.3 is 0 Å². The van der Waals surface area contributed by atoms with E-state index in [0.717, 1.165) is 19.3 Å². The molecule has 72 valence electrons. The minimum Gasteiger partial charge on any atom is -0.299 e. The molecule has 3 heteroatoms.